The van der Waals surface area contributed by atoms with Crippen LogP contribution in [0.2, 0.25) is 0 Å². The molecule has 104 valence electrons. The molecule has 2 rings (SSSR count). The zero-order valence-corrected chi connectivity index (χ0v) is 10.7. The van der Waals surface area contributed by atoms with E-state index >= 15 is 0 Å². The highest BCUT2D eigenvalue weighted by molar-refractivity contribution is 6.01. The highest BCUT2D eigenvalue weighted by Gasteiger charge is 2.33. The third kappa shape index (κ3) is 3.81. The van der Waals surface area contributed by atoms with Gasteiger partial charge in [-0.15, -0.1) is 0 Å². The lowest BCUT2D eigenvalue weighted by Crippen LogP contribution is -2.33. The molecule has 0 aromatic heterocycles. The Bertz CT molecular complexity index is 388. The first-order valence-corrected chi connectivity index (χ1v) is 6.56. The van der Waals surface area contributed by atoms with E-state index in [-0.39, 0.29) is 18.9 Å². The van der Waals surface area contributed by atoms with Crippen molar-refractivity contribution in [1.82, 2.24) is 5.06 Å². The number of allylic oxidation sites excluding steroid dienone is 2. The molecular formula is C13H17NO5. The molecule has 1 aliphatic heterocycles. The Labute approximate surface area is 111 Å². The number of carbonyl (C=O) groups is 3. The van der Waals surface area contributed by atoms with Crippen molar-refractivity contribution in [3.05, 3.63) is 12.2 Å². The number of hydrogen-bond acceptors (Lipinski definition) is 5. The standard InChI is InChI=1S/C13H17NO5/c15-11-8-9-12(16)14(11)19-13(17)18-10-6-4-2-1-3-5-7-10/h1-2,10H,3-9H2/b2-1+/t10-/m1/s1. The summed E-state index contributed by atoms with van der Waals surface area (Å²) in [6.07, 6.45) is 7.41. The van der Waals surface area contributed by atoms with Crippen LogP contribution in [0.4, 0.5) is 4.79 Å². The molecule has 19 heavy (non-hydrogen) atoms. The van der Waals surface area contributed by atoms with Crippen LogP contribution in [-0.2, 0) is 19.2 Å². The average molecular weight is 267 g/mol. The normalized spacial score (nSPS) is 25.7. The highest BCUT2D eigenvalue weighted by atomic mass is 16.8. The monoisotopic (exact) mass is 267 g/mol. The lowest BCUT2D eigenvalue weighted by molar-refractivity contribution is -0.178. The lowest BCUT2D eigenvalue weighted by atomic mass is 10.0. The molecule has 1 fully saturated rings. The second-order valence-corrected chi connectivity index (χ2v) is 4.64. The van der Waals surface area contributed by atoms with E-state index in [1.54, 1.807) is 0 Å². The van der Waals surface area contributed by atoms with Crippen molar-refractivity contribution >= 4 is 18.0 Å². The summed E-state index contributed by atoms with van der Waals surface area (Å²) in [5, 5.41) is 0.505. The smallest absolute Gasteiger partial charge is 0.429 e. The maximum atomic E-state index is 11.5. The Balaban J connectivity index is 1.81. The zero-order chi connectivity index (χ0) is 13.7. The largest absolute Gasteiger partial charge is 0.534 e. The van der Waals surface area contributed by atoms with Crippen molar-refractivity contribution in [2.75, 3.05) is 0 Å². The number of hydroxylamine groups is 2. The van der Waals surface area contributed by atoms with E-state index in [1.807, 2.05) is 0 Å². The predicted molar refractivity (Wildman–Crippen MR) is 64.7 cm³/mol. The number of nitrogens with zero attached hydrogens (tertiary/aromatic N) is 1. The van der Waals surface area contributed by atoms with E-state index in [9.17, 15) is 14.4 Å². The summed E-state index contributed by atoms with van der Waals surface area (Å²) in [5.74, 6) is -0.995. The van der Waals surface area contributed by atoms with Crippen LogP contribution >= 0.6 is 0 Å². The summed E-state index contributed by atoms with van der Waals surface area (Å²) in [6.45, 7) is 0. The van der Waals surface area contributed by atoms with E-state index in [0.717, 1.165) is 32.1 Å². The van der Waals surface area contributed by atoms with Crippen LogP contribution < -0.4 is 0 Å². The van der Waals surface area contributed by atoms with E-state index in [2.05, 4.69) is 17.0 Å². The van der Waals surface area contributed by atoms with Gasteiger partial charge in [0.2, 0.25) is 0 Å². The molecule has 1 aliphatic carbocycles. The number of carbonyl (C=O) groups excluding carboxylic acids is 3. The van der Waals surface area contributed by atoms with Gasteiger partial charge in [-0.1, -0.05) is 17.2 Å². The molecule has 6 heteroatoms. The predicted octanol–water partition coefficient (Wildman–Crippen LogP) is 2.09. The molecule has 1 heterocycles. The van der Waals surface area contributed by atoms with Crippen LogP contribution in [0.1, 0.15) is 44.9 Å². The van der Waals surface area contributed by atoms with Gasteiger partial charge in [0, 0.05) is 12.8 Å². The van der Waals surface area contributed by atoms with Gasteiger partial charge in [0.15, 0.2) is 0 Å². The van der Waals surface area contributed by atoms with Gasteiger partial charge in [0.25, 0.3) is 11.8 Å². The Morgan fingerprint density at radius 2 is 1.79 bits per heavy atom. The molecule has 0 N–H and O–H groups in total. The molecule has 1 atom stereocenters. The van der Waals surface area contributed by atoms with Crippen molar-refractivity contribution in [2.24, 2.45) is 0 Å². The topological polar surface area (TPSA) is 72.9 Å². The molecule has 1 saturated heterocycles. The van der Waals surface area contributed by atoms with Gasteiger partial charge in [-0.05, 0) is 32.1 Å². The summed E-state index contributed by atoms with van der Waals surface area (Å²) in [7, 11) is 0. The van der Waals surface area contributed by atoms with Crippen LogP contribution in [0.3, 0.4) is 0 Å². The Morgan fingerprint density at radius 3 is 2.53 bits per heavy atom. The van der Waals surface area contributed by atoms with Crippen LogP contribution in [0.25, 0.3) is 0 Å². The van der Waals surface area contributed by atoms with Crippen molar-refractivity contribution < 1.29 is 24.0 Å². The minimum absolute atomic E-state index is 0.0837. The average Bonchev–Trinajstić information content (AvgIpc) is 2.64. The third-order valence-electron chi connectivity index (χ3n) is 3.15. The molecule has 0 aromatic rings. The highest BCUT2D eigenvalue weighted by Crippen LogP contribution is 2.18. The number of amides is 2. The Kier molecular flexibility index (Phi) is 4.54. The number of hydrogen-bond donors (Lipinski definition) is 0. The molecule has 0 radical (unpaired) electrons. The van der Waals surface area contributed by atoms with Gasteiger partial charge >= 0.3 is 6.16 Å². The van der Waals surface area contributed by atoms with Crippen LogP contribution in [0.5, 0.6) is 0 Å². The molecule has 0 bridgehead atoms. The second-order valence-electron chi connectivity index (χ2n) is 4.64. The lowest BCUT2D eigenvalue weighted by Gasteiger charge is -2.19. The molecular weight excluding hydrogens is 250 g/mol. The van der Waals surface area contributed by atoms with Crippen molar-refractivity contribution in [3.8, 4) is 0 Å². The van der Waals surface area contributed by atoms with Gasteiger partial charge < -0.3 is 4.74 Å². The number of imide groups is 1. The first kappa shape index (κ1) is 13.6. The molecule has 0 unspecified atom stereocenters. The summed E-state index contributed by atoms with van der Waals surface area (Å²) in [4.78, 5) is 38.8. The van der Waals surface area contributed by atoms with Crippen LogP contribution in [0, 0.1) is 0 Å². The maximum absolute atomic E-state index is 11.5. The molecule has 2 aliphatic rings. The van der Waals surface area contributed by atoms with Crippen molar-refractivity contribution in [2.45, 2.75) is 51.0 Å². The number of rotatable bonds is 2. The SMILES string of the molecule is O=C(O[C@@H]1CC/C=C/CCC1)ON1C(=O)CCC1=O. The quantitative estimate of drug-likeness (QED) is 0.435. The molecule has 0 spiro atoms. The molecule has 2 amide bonds. The van der Waals surface area contributed by atoms with E-state index in [4.69, 9.17) is 4.74 Å². The minimum atomic E-state index is -0.974. The van der Waals surface area contributed by atoms with Gasteiger partial charge in [0.1, 0.15) is 6.10 Å². The Hall–Kier alpha value is -1.85. The van der Waals surface area contributed by atoms with Gasteiger partial charge in [-0.3, -0.25) is 14.4 Å². The summed E-state index contributed by atoms with van der Waals surface area (Å²) >= 11 is 0. The fourth-order valence-corrected chi connectivity index (χ4v) is 2.13. The van der Waals surface area contributed by atoms with Gasteiger partial charge in [-0.25, -0.2) is 4.79 Å². The molecule has 0 aromatic carbocycles. The minimum Gasteiger partial charge on any atom is -0.429 e. The zero-order valence-electron chi connectivity index (χ0n) is 10.7. The maximum Gasteiger partial charge on any atom is 0.534 e. The summed E-state index contributed by atoms with van der Waals surface area (Å²) < 4.78 is 5.14. The van der Waals surface area contributed by atoms with Crippen molar-refractivity contribution in [1.29, 1.82) is 0 Å². The first-order chi connectivity index (χ1) is 9.16. The number of ether oxygens (including phenoxy) is 1. The first-order valence-electron chi connectivity index (χ1n) is 6.56. The van der Waals surface area contributed by atoms with Crippen LogP contribution in [-0.4, -0.2) is 29.1 Å². The van der Waals surface area contributed by atoms with E-state index < -0.39 is 18.0 Å². The Morgan fingerprint density at radius 1 is 1.11 bits per heavy atom. The van der Waals surface area contributed by atoms with Gasteiger partial charge in [0.05, 0.1) is 0 Å². The van der Waals surface area contributed by atoms with Crippen molar-refractivity contribution in [3.63, 3.8) is 0 Å². The summed E-state index contributed by atoms with van der Waals surface area (Å²) in [5.41, 5.74) is 0. The fraction of sp³-hybridized carbons (Fsp3) is 0.615. The van der Waals surface area contributed by atoms with E-state index in [0.29, 0.717) is 5.06 Å². The van der Waals surface area contributed by atoms with Crippen LogP contribution in [0.15, 0.2) is 12.2 Å². The molecule has 0 saturated carbocycles. The van der Waals surface area contributed by atoms with E-state index in [1.165, 1.54) is 0 Å². The third-order valence-corrected chi connectivity index (χ3v) is 3.15. The molecule has 6 nitrogen and oxygen atoms in total. The fourth-order valence-electron chi connectivity index (χ4n) is 2.13. The summed E-state index contributed by atoms with van der Waals surface area (Å²) in [6, 6.07) is 0. The second kappa shape index (κ2) is 6.36. The van der Waals surface area contributed by atoms with Gasteiger partial charge in [-0.2, -0.15) is 0 Å².